The molecule has 2 aromatic carbocycles. The average molecular weight is 360 g/mol. The van der Waals surface area contributed by atoms with Crippen molar-refractivity contribution in [3.05, 3.63) is 65.0 Å². The second kappa shape index (κ2) is 7.40. The summed E-state index contributed by atoms with van der Waals surface area (Å²) in [4.78, 5) is 16.1. The molecule has 0 aliphatic rings. The Morgan fingerprint density at radius 1 is 1.24 bits per heavy atom. The molecule has 1 heterocycles. The van der Waals surface area contributed by atoms with E-state index in [1.54, 1.807) is 11.4 Å². The summed E-state index contributed by atoms with van der Waals surface area (Å²) in [5, 5.41) is 4.42. The molecular weight excluding hydrogens is 346 g/mol. The van der Waals surface area contributed by atoms with Crippen LogP contribution in [0.2, 0.25) is 0 Å². The molecule has 0 atom stereocenters. The minimum Gasteiger partial charge on any atom is -0.483 e. The van der Waals surface area contributed by atoms with Gasteiger partial charge in [-0.25, -0.2) is 13.8 Å². The number of carbonyl (C=O) groups is 1. The van der Waals surface area contributed by atoms with Crippen molar-refractivity contribution in [1.82, 2.24) is 4.98 Å². The highest BCUT2D eigenvalue weighted by Gasteiger charge is 2.12. The van der Waals surface area contributed by atoms with Gasteiger partial charge in [0, 0.05) is 10.9 Å². The number of hydrogen-bond donors (Lipinski definition) is 1. The topological polar surface area (TPSA) is 51.2 Å². The number of aryl methyl sites for hydroxylation is 1. The van der Waals surface area contributed by atoms with Crippen LogP contribution in [0.25, 0.3) is 11.3 Å². The highest BCUT2D eigenvalue weighted by molar-refractivity contribution is 7.14. The lowest BCUT2D eigenvalue weighted by Crippen LogP contribution is -2.20. The molecule has 0 aliphatic carbocycles. The van der Waals surface area contributed by atoms with E-state index in [9.17, 15) is 13.6 Å². The largest absolute Gasteiger partial charge is 0.483 e. The van der Waals surface area contributed by atoms with Crippen LogP contribution < -0.4 is 10.1 Å². The number of thiazole rings is 1. The standard InChI is InChI=1S/C18H14F2N2O2S/c1-11-4-2-3-5-16(11)24-9-17(23)22-18-21-15(10-25-18)13-8-12(19)6-7-14(13)20/h2-8,10H,9H2,1H3,(H,21,22,23). The quantitative estimate of drug-likeness (QED) is 0.733. The molecular formula is C18H14F2N2O2S. The lowest BCUT2D eigenvalue weighted by atomic mass is 10.1. The molecule has 128 valence electrons. The van der Waals surface area contributed by atoms with Gasteiger partial charge in [-0.1, -0.05) is 18.2 Å². The lowest BCUT2D eigenvalue weighted by Gasteiger charge is -2.08. The molecule has 0 unspecified atom stereocenters. The highest BCUT2D eigenvalue weighted by atomic mass is 32.1. The van der Waals surface area contributed by atoms with Gasteiger partial charge in [-0.2, -0.15) is 0 Å². The molecule has 0 fully saturated rings. The van der Waals surface area contributed by atoms with Crippen molar-refractivity contribution in [3.8, 4) is 17.0 Å². The molecule has 1 N–H and O–H groups in total. The zero-order chi connectivity index (χ0) is 17.8. The third kappa shape index (κ3) is 4.19. The molecule has 0 bridgehead atoms. The van der Waals surface area contributed by atoms with Crippen molar-refractivity contribution in [1.29, 1.82) is 0 Å². The third-order valence-corrected chi connectivity index (χ3v) is 4.16. The van der Waals surface area contributed by atoms with E-state index in [1.165, 1.54) is 0 Å². The number of ether oxygens (including phenoxy) is 1. The Labute approximate surface area is 147 Å². The number of nitrogens with one attached hydrogen (secondary N) is 1. The van der Waals surface area contributed by atoms with E-state index < -0.39 is 11.6 Å². The molecule has 0 saturated heterocycles. The van der Waals surface area contributed by atoms with Gasteiger partial charge in [-0.15, -0.1) is 11.3 Å². The van der Waals surface area contributed by atoms with Gasteiger partial charge in [0.2, 0.25) is 0 Å². The Kier molecular flexibility index (Phi) is 5.04. The molecule has 1 aromatic heterocycles. The first kappa shape index (κ1) is 17.0. The van der Waals surface area contributed by atoms with E-state index in [0.29, 0.717) is 5.75 Å². The fraction of sp³-hybridized carbons (Fsp3) is 0.111. The Hall–Kier alpha value is -2.80. The van der Waals surface area contributed by atoms with Crippen LogP contribution in [0.3, 0.4) is 0 Å². The fourth-order valence-corrected chi connectivity index (χ4v) is 2.89. The van der Waals surface area contributed by atoms with Gasteiger partial charge in [0.05, 0.1) is 5.69 Å². The molecule has 0 spiro atoms. The fourth-order valence-electron chi connectivity index (χ4n) is 2.17. The molecule has 25 heavy (non-hydrogen) atoms. The summed E-state index contributed by atoms with van der Waals surface area (Å²) in [5.41, 5.74) is 1.23. The number of rotatable bonds is 5. The number of aromatic nitrogens is 1. The highest BCUT2D eigenvalue weighted by Crippen LogP contribution is 2.27. The number of nitrogens with zero attached hydrogens (tertiary/aromatic N) is 1. The van der Waals surface area contributed by atoms with Crippen molar-refractivity contribution in [3.63, 3.8) is 0 Å². The molecule has 0 saturated carbocycles. The van der Waals surface area contributed by atoms with Crippen molar-refractivity contribution in [2.24, 2.45) is 0 Å². The van der Waals surface area contributed by atoms with Crippen molar-refractivity contribution >= 4 is 22.4 Å². The van der Waals surface area contributed by atoms with E-state index in [0.717, 1.165) is 35.1 Å². The van der Waals surface area contributed by atoms with Crippen molar-refractivity contribution < 1.29 is 18.3 Å². The third-order valence-electron chi connectivity index (χ3n) is 3.41. The second-order valence-electron chi connectivity index (χ2n) is 5.26. The zero-order valence-corrected chi connectivity index (χ0v) is 14.1. The van der Waals surface area contributed by atoms with Crippen LogP contribution in [0.15, 0.2) is 47.8 Å². The molecule has 3 rings (SSSR count). The number of hydrogen-bond acceptors (Lipinski definition) is 4. The maximum atomic E-state index is 13.8. The van der Waals surface area contributed by atoms with Crippen LogP contribution in [0.5, 0.6) is 5.75 Å². The number of halogens is 2. The summed E-state index contributed by atoms with van der Waals surface area (Å²) in [6.45, 7) is 1.71. The van der Waals surface area contributed by atoms with Crippen LogP contribution in [0, 0.1) is 18.6 Å². The first-order valence-corrected chi connectivity index (χ1v) is 8.30. The van der Waals surface area contributed by atoms with Crippen LogP contribution >= 0.6 is 11.3 Å². The maximum Gasteiger partial charge on any atom is 0.264 e. The molecule has 3 aromatic rings. The van der Waals surface area contributed by atoms with Crippen LogP contribution in [-0.4, -0.2) is 17.5 Å². The van der Waals surface area contributed by atoms with Gasteiger partial charge in [0.25, 0.3) is 5.91 Å². The average Bonchev–Trinajstić information content (AvgIpc) is 3.04. The van der Waals surface area contributed by atoms with Gasteiger partial charge < -0.3 is 4.74 Å². The maximum absolute atomic E-state index is 13.8. The number of benzene rings is 2. The number of para-hydroxylation sites is 1. The van der Waals surface area contributed by atoms with E-state index in [-0.39, 0.29) is 28.9 Å². The normalized spacial score (nSPS) is 10.5. The molecule has 1 amide bonds. The molecule has 0 radical (unpaired) electrons. The van der Waals surface area contributed by atoms with E-state index in [1.807, 2.05) is 25.1 Å². The Morgan fingerprint density at radius 3 is 2.84 bits per heavy atom. The Bertz CT molecular complexity index is 912. The van der Waals surface area contributed by atoms with Gasteiger partial charge in [0.1, 0.15) is 17.4 Å². The summed E-state index contributed by atoms with van der Waals surface area (Å²) in [6, 6.07) is 10.5. The van der Waals surface area contributed by atoms with Gasteiger partial charge in [-0.3, -0.25) is 10.1 Å². The van der Waals surface area contributed by atoms with E-state index in [4.69, 9.17) is 4.74 Å². The molecule has 4 nitrogen and oxygen atoms in total. The minimum absolute atomic E-state index is 0.0490. The monoisotopic (exact) mass is 360 g/mol. The van der Waals surface area contributed by atoms with E-state index in [2.05, 4.69) is 10.3 Å². The number of carbonyl (C=O) groups excluding carboxylic acids is 1. The predicted molar refractivity (Wildman–Crippen MR) is 92.8 cm³/mol. The van der Waals surface area contributed by atoms with E-state index >= 15 is 0 Å². The number of anilines is 1. The van der Waals surface area contributed by atoms with Gasteiger partial charge in [0.15, 0.2) is 11.7 Å². The summed E-state index contributed by atoms with van der Waals surface area (Å²) in [6.07, 6.45) is 0. The van der Waals surface area contributed by atoms with Crippen LogP contribution in [-0.2, 0) is 4.79 Å². The Morgan fingerprint density at radius 2 is 2.04 bits per heavy atom. The van der Waals surface area contributed by atoms with Gasteiger partial charge in [-0.05, 0) is 36.8 Å². The van der Waals surface area contributed by atoms with Crippen molar-refractivity contribution in [2.75, 3.05) is 11.9 Å². The second-order valence-corrected chi connectivity index (χ2v) is 6.12. The summed E-state index contributed by atoms with van der Waals surface area (Å²) in [7, 11) is 0. The molecule has 7 heteroatoms. The lowest BCUT2D eigenvalue weighted by molar-refractivity contribution is -0.118. The van der Waals surface area contributed by atoms with Crippen LogP contribution in [0.4, 0.5) is 13.9 Å². The van der Waals surface area contributed by atoms with Gasteiger partial charge >= 0.3 is 0 Å². The Balaban J connectivity index is 1.64. The first-order chi connectivity index (χ1) is 12.0. The summed E-state index contributed by atoms with van der Waals surface area (Å²) >= 11 is 1.12. The van der Waals surface area contributed by atoms with Crippen LogP contribution in [0.1, 0.15) is 5.56 Å². The zero-order valence-electron chi connectivity index (χ0n) is 13.3. The predicted octanol–water partition coefficient (Wildman–Crippen LogP) is 4.41. The number of amides is 1. The minimum atomic E-state index is -0.576. The first-order valence-electron chi connectivity index (χ1n) is 7.42. The molecule has 0 aliphatic heterocycles. The smallest absolute Gasteiger partial charge is 0.264 e. The summed E-state index contributed by atoms with van der Waals surface area (Å²) in [5.74, 6) is -0.891. The summed E-state index contributed by atoms with van der Waals surface area (Å²) < 4.78 is 32.5. The SMILES string of the molecule is Cc1ccccc1OCC(=O)Nc1nc(-c2cc(F)ccc2F)cs1. The van der Waals surface area contributed by atoms with Crippen molar-refractivity contribution in [2.45, 2.75) is 6.92 Å².